The van der Waals surface area contributed by atoms with E-state index < -0.39 is 6.09 Å². The highest BCUT2D eigenvalue weighted by atomic mass is 16.7. The third-order valence-corrected chi connectivity index (χ3v) is 2.57. The zero-order valence-corrected chi connectivity index (χ0v) is 12.2. The lowest BCUT2D eigenvalue weighted by Gasteiger charge is -2.33. The van der Waals surface area contributed by atoms with Crippen molar-refractivity contribution in [3.63, 3.8) is 0 Å². The average Bonchev–Trinajstić information content (AvgIpc) is 2.22. The van der Waals surface area contributed by atoms with Crippen molar-refractivity contribution in [2.24, 2.45) is 0 Å². The van der Waals surface area contributed by atoms with Crippen LogP contribution in [0.25, 0.3) is 0 Å². The lowest BCUT2D eigenvalue weighted by atomic mass is 10.1. The van der Waals surface area contributed by atoms with E-state index >= 15 is 0 Å². The minimum Gasteiger partial charge on any atom is -0.465 e. The van der Waals surface area contributed by atoms with Crippen LogP contribution >= 0.6 is 0 Å². The van der Waals surface area contributed by atoms with Gasteiger partial charge in [0.1, 0.15) is 0 Å². The summed E-state index contributed by atoms with van der Waals surface area (Å²) in [5.41, 5.74) is -0.376. The number of nitrogens with zero attached hydrogens (tertiary/aromatic N) is 1. The van der Waals surface area contributed by atoms with E-state index in [4.69, 9.17) is 14.6 Å². The van der Waals surface area contributed by atoms with Gasteiger partial charge in [-0.15, -0.1) is 0 Å². The Labute approximate surface area is 110 Å². The Kier molecular flexibility index (Phi) is 7.95. The van der Waals surface area contributed by atoms with E-state index in [1.165, 1.54) is 4.90 Å². The fraction of sp³-hybridized carbons (Fsp3) is 0.923. The summed E-state index contributed by atoms with van der Waals surface area (Å²) in [7, 11) is 0. The molecule has 5 nitrogen and oxygen atoms in total. The number of ether oxygens (including phenoxy) is 2. The van der Waals surface area contributed by atoms with E-state index in [-0.39, 0.29) is 11.8 Å². The second-order valence-electron chi connectivity index (χ2n) is 5.09. The van der Waals surface area contributed by atoms with Gasteiger partial charge in [0.2, 0.25) is 0 Å². The fourth-order valence-corrected chi connectivity index (χ4v) is 1.72. The van der Waals surface area contributed by atoms with Gasteiger partial charge in [-0.3, -0.25) is 0 Å². The number of carboxylic acid groups (broad SMARTS) is 1. The molecule has 0 aliphatic rings. The van der Waals surface area contributed by atoms with Crippen molar-refractivity contribution in [2.75, 3.05) is 19.8 Å². The molecule has 1 amide bonds. The Morgan fingerprint density at radius 3 is 2.06 bits per heavy atom. The van der Waals surface area contributed by atoms with Gasteiger partial charge in [-0.25, -0.2) is 4.79 Å². The van der Waals surface area contributed by atoms with E-state index in [0.29, 0.717) is 26.2 Å². The zero-order valence-electron chi connectivity index (χ0n) is 12.2. The molecule has 0 saturated heterocycles. The molecule has 0 aromatic carbocycles. The van der Waals surface area contributed by atoms with Gasteiger partial charge in [0.15, 0.2) is 6.29 Å². The van der Waals surface area contributed by atoms with Crippen LogP contribution in [0.3, 0.4) is 0 Å². The average molecular weight is 261 g/mol. The van der Waals surface area contributed by atoms with Crippen molar-refractivity contribution in [2.45, 2.75) is 59.3 Å². The van der Waals surface area contributed by atoms with Crippen LogP contribution in [-0.2, 0) is 9.47 Å². The Hall–Kier alpha value is -0.810. The first-order valence-electron chi connectivity index (χ1n) is 6.56. The van der Waals surface area contributed by atoms with Gasteiger partial charge in [0.05, 0.1) is 0 Å². The molecule has 0 atom stereocenters. The molecule has 0 aromatic rings. The summed E-state index contributed by atoms with van der Waals surface area (Å²) in [6, 6.07) is 0. The second kappa shape index (κ2) is 8.32. The molecule has 0 fully saturated rings. The second-order valence-corrected chi connectivity index (χ2v) is 5.09. The van der Waals surface area contributed by atoms with Gasteiger partial charge in [0, 0.05) is 31.7 Å². The van der Waals surface area contributed by atoms with Crippen molar-refractivity contribution in [1.82, 2.24) is 4.90 Å². The molecule has 0 rings (SSSR count). The first-order valence-corrected chi connectivity index (χ1v) is 6.56. The lowest BCUT2D eigenvalue weighted by Crippen LogP contribution is -2.45. The SMILES string of the molecule is CCOC(CCCN(C(=O)O)C(C)(C)C)OCC. The topological polar surface area (TPSA) is 59.0 Å². The molecule has 0 heterocycles. The predicted octanol–water partition coefficient (Wildman–Crippen LogP) is 2.94. The molecule has 0 unspecified atom stereocenters. The minimum absolute atomic E-state index is 0.226. The van der Waals surface area contributed by atoms with Crippen molar-refractivity contribution >= 4 is 6.09 Å². The third-order valence-electron chi connectivity index (χ3n) is 2.57. The van der Waals surface area contributed by atoms with E-state index in [0.717, 1.165) is 6.42 Å². The number of rotatable bonds is 8. The summed E-state index contributed by atoms with van der Waals surface area (Å²) in [5, 5.41) is 9.14. The monoisotopic (exact) mass is 261 g/mol. The lowest BCUT2D eigenvalue weighted by molar-refractivity contribution is -0.140. The maximum absolute atomic E-state index is 11.1. The largest absolute Gasteiger partial charge is 0.465 e. The third kappa shape index (κ3) is 6.81. The summed E-state index contributed by atoms with van der Waals surface area (Å²) in [4.78, 5) is 12.6. The number of hydrogen-bond donors (Lipinski definition) is 1. The smallest absolute Gasteiger partial charge is 0.407 e. The van der Waals surface area contributed by atoms with E-state index in [9.17, 15) is 4.79 Å². The van der Waals surface area contributed by atoms with Gasteiger partial charge < -0.3 is 19.5 Å². The molecule has 0 radical (unpaired) electrons. The Balaban J connectivity index is 4.15. The van der Waals surface area contributed by atoms with Gasteiger partial charge >= 0.3 is 6.09 Å². The molecule has 0 aliphatic carbocycles. The van der Waals surface area contributed by atoms with Gasteiger partial charge in [-0.2, -0.15) is 0 Å². The predicted molar refractivity (Wildman–Crippen MR) is 70.8 cm³/mol. The van der Waals surface area contributed by atoms with Crippen LogP contribution in [0.15, 0.2) is 0 Å². The number of amides is 1. The molecular weight excluding hydrogens is 234 g/mol. The summed E-state index contributed by atoms with van der Waals surface area (Å²) in [5.74, 6) is 0. The standard InChI is InChI=1S/C13H27NO4/c1-6-17-11(18-7-2)9-8-10-14(12(15)16)13(3,4)5/h11H,6-10H2,1-5H3,(H,15,16). The van der Waals surface area contributed by atoms with Crippen molar-refractivity contribution in [3.8, 4) is 0 Å². The highest BCUT2D eigenvalue weighted by Gasteiger charge is 2.25. The minimum atomic E-state index is -0.883. The molecule has 0 spiro atoms. The van der Waals surface area contributed by atoms with Crippen LogP contribution < -0.4 is 0 Å². The van der Waals surface area contributed by atoms with Crippen molar-refractivity contribution in [3.05, 3.63) is 0 Å². The van der Waals surface area contributed by atoms with Crippen LogP contribution in [0.4, 0.5) is 4.79 Å². The highest BCUT2D eigenvalue weighted by molar-refractivity contribution is 5.65. The Bertz CT molecular complexity index is 232. The van der Waals surface area contributed by atoms with Crippen LogP contribution in [-0.4, -0.2) is 47.7 Å². The Morgan fingerprint density at radius 1 is 1.22 bits per heavy atom. The first-order chi connectivity index (χ1) is 8.32. The summed E-state index contributed by atoms with van der Waals surface area (Å²) in [6.07, 6.45) is 0.331. The molecule has 0 bridgehead atoms. The van der Waals surface area contributed by atoms with Crippen LogP contribution in [0.5, 0.6) is 0 Å². The maximum Gasteiger partial charge on any atom is 0.407 e. The van der Waals surface area contributed by atoms with E-state index in [2.05, 4.69) is 0 Å². The van der Waals surface area contributed by atoms with Gasteiger partial charge in [0.25, 0.3) is 0 Å². The van der Waals surface area contributed by atoms with Crippen molar-refractivity contribution < 1.29 is 19.4 Å². The van der Waals surface area contributed by atoms with Crippen LogP contribution in [0, 0.1) is 0 Å². The van der Waals surface area contributed by atoms with E-state index in [1.54, 1.807) is 0 Å². The molecule has 0 aromatic heterocycles. The quantitative estimate of drug-likeness (QED) is 0.682. The molecule has 108 valence electrons. The summed E-state index contributed by atoms with van der Waals surface area (Å²) >= 11 is 0. The number of hydrogen-bond acceptors (Lipinski definition) is 3. The normalized spacial score (nSPS) is 11.9. The van der Waals surface area contributed by atoms with Gasteiger partial charge in [-0.05, 0) is 41.0 Å². The zero-order chi connectivity index (χ0) is 14.2. The van der Waals surface area contributed by atoms with E-state index in [1.807, 2.05) is 34.6 Å². The van der Waals surface area contributed by atoms with Crippen molar-refractivity contribution in [1.29, 1.82) is 0 Å². The summed E-state index contributed by atoms with van der Waals surface area (Å²) < 4.78 is 10.8. The van der Waals surface area contributed by atoms with Crippen LogP contribution in [0.1, 0.15) is 47.5 Å². The molecule has 5 heteroatoms. The molecule has 0 saturated carbocycles. The molecule has 0 aliphatic heterocycles. The highest BCUT2D eigenvalue weighted by Crippen LogP contribution is 2.15. The number of carbonyl (C=O) groups is 1. The van der Waals surface area contributed by atoms with Crippen LogP contribution in [0.2, 0.25) is 0 Å². The maximum atomic E-state index is 11.1. The molecule has 1 N–H and O–H groups in total. The molecular formula is C13H27NO4. The Morgan fingerprint density at radius 2 is 1.72 bits per heavy atom. The first kappa shape index (κ1) is 17.2. The fourth-order valence-electron chi connectivity index (χ4n) is 1.72. The molecule has 18 heavy (non-hydrogen) atoms. The summed E-state index contributed by atoms with van der Waals surface area (Å²) in [6.45, 7) is 11.2. The van der Waals surface area contributed by atoms with Gasteiger partial charge in [-0.1, -0.05) is 0 Å².